The second-order valence-corrected chi connectivity index (χ2v) is 1.88. The van der Waals surface area contributed by atoms with Crippen molar-refractivity contribution in [3.8, 4) is 0 Å². The minimum Gasteiger partial charge on any atom is -0.370 e. The van der Waals surface area contributed by atoms with E-state index in [1.807, 2.05) is 5.32 Å². The molecule has 0 radical (unpaired) electrons. The molecule has 0 amide bonds. The maximum Gasteiger partial charge on any atom is 0.192 e. The van der Waals surface area contributed by atoms with Gasteiger partial charge in [-0.05, 0) is 19.5 Å². The molecule has 0 heterocycles. The maximum atomic E-state index is 6.47. The summed E-state index contributed by atoms with van der Waals surface area (Å²) in [6.07, 6.45) is 0.944. The van der Waals surface area contributed by atoms with E-state index in [-0.39, 0.29) is 11.9 Å². The first kappa shape index (κ1) is 13.3. The average molecular weight is 175 g/mol. The molecular formula is C5H17N7. The van der Waals surface area contributed by atoms with Gasteiger partial charge in [0, 0.05) is 0 Å². The van der Waals surface area contributed by atoms with Crippen molar-refractivity contribution >= 4 is 11.9 Å². The van der Waals surface area contributed by atoms with Crippen LogP contribution in [0.3, 0.4) is 0 Å². The summed E-state index contributed by atoms with van der Waals surface area (Å²) in [5.41, 5.74) is 19.6. The maximum absolute atomic E-state index is 6.47. The van der Waals surface area contributed by atoms with Crippen molar-refractivity contribution in [2.24, 2.45) is 22.9 Å². The number of hydrogen-bond acceptors (Lipinski definition) is 4. The van der Waals surface area contributed by atoms with Gasteiger partial charge in [-0.25, -0.2) is 0 Å². The van der Waals surface area contributed by atoms with Gasteiger partial charge in [0.25, 0.3) is 0 Å². The summed E-state index contributed by atoms with van der Waals surface area (Å²) >= 11 is 0. The number of nitrogens with two attached hydrogens (primary N) is 4. The second-order valence-electron chi connectivity index (χ2n) is 1.88. The SMILES string of the molecule is N=C(N)NC(=N)N.NCCCN. The molecule has 0 aliphatic heterocycles. The van der Waals surface area contributed by atoms with Crippen LogP contribution in [-0.2, 0) is 0 Å². The van der Waals surface area contributed by atoms with Crippen molar-refractivity contribution in [1.29, 1.82) is 10.8 Å². The lowest BCUT2D eigenvalue weighted by Gasteiger charge is -1.95. The number of guanidine groups is 2. The summed E-state index contributed by atoms with van der Waals surface area (Å²) in [6.45, 7) is 1.44. The third-order valence-electron chi connectivity index (χ3n) is 0.678. The van der Waals surface area contributed by atoms with E-state index >= 15 is 0 Å². The molecule has 0 saturated heterocycles. The van der Waals surface area contributed by atoms with Gasteiger partial charge < -0.3 is 22.9 Å². The third kappa shape index (κ3) is 23.4. The van der Waals surface area contributed by atoms with Gasteiger partial charge in [0.1, 0.15) is 0 Å². The van der Waals surface area contributed by atoms with E-state index in [4.69, 9.17) is 33.8 Å². The molecule has 0 aromatic carbocycles. The number of rotatable bonds is 2. The molecule has 0 rings (SSSR count). The predicted octanol–water partition coefficient (Wildman–Crippen LogP) is -2.34. The fourth-order valence-corrected chi connectivity index (χ4v) is 0.263. The lowest BCUT2D eigenvalue weighted by atomic mass is 10.4. The molecule has 7 nitrogen and oxygen atoms in total. The number of hydrogen-bond donors (Lipinski definition) is 7. The van der Waals surface area contributed by atoms with Crippen LogP contribution >= 0.6 is 0 Å². The van der Waals surface area contributed by atoms with Gasteiger partial charge >= 0.3 is 0 Å². The minimum atomic E-state index is -0.312. The third-order valence-corrected chi connectivity index (χ3v) is 0.678. The summed E-state index contributed by atoms with van der Waals surface area (Å²) in [5.74, 6) is -0.625. The quantitative estimate of drug-likeness (QED) is 0.184. The highest BCUT2D eigenvalue weighted by Crippen LogP contribution is 1.58. The molecule has 0 aliphatic carbocycles. The van der Waals surface area contributed by atoms with Crippen LogP contribution in [0.2, 0.25) is 0 Å². The Kier molecular flexibility index (Phi) is 10.7. The Morgan fingerprint density at radius 2 is 1.33 bits per heavy atom. The van der Waals surface area contributed by atoms with Gasteiger partial charge in [0.15, 0.2) is 11.9 Å². The summed E-state index contributed by atoms with van der Waals surface area (Å²) in [7, 11) is 0. The van der Waals surface area contributed by atoms with E-state index in [2.05, 4.69) is 0 Å². The Morgan fingerprint density at radius 3 is 1.33 bits per heavy atom. The van der Waals surface area contributed by atoms with Gasteiger partial charge in [-0.15, -0.1) is 0 Å². The van der Waals surface area contributed by atoms with Crippen molar-refractivity contribution in [3.05, 3.63) is 0 Å². The van der Waals surface area contributed by atoms with Crippen LogP contribution < -0.4 is 28.3 Å². The molecule has 0 bridgehead atoms. The van der Waals surface area contributed by atoms with Crippen molar-refractivity contribution < 1.29 is 0 Å². The molecule has 0 spiro atoms. The van der Waals surface area contributed by atoms with Crippen molar-refractivity contribution in [1.82, 2.24) is 5.32 Å². The van der Waals surface area contributed by atoms with Crippen molar-refractivity contribution in [2.45, 2.75) is 6.42 Å². The van der Waals surface area contributed by atoms with Gasteiger partial charge in [0.05, 0.1) is 0 Å². The Hall–Kier alpha value is -1.34. The first-order valence-corrected chi connectivity index (χ1v) is 3.39. The van der Waals surface area contributed by atoms with Gasteiger partial charge in [-0.1, -0.05) is 0 Å². The molecule has 11 N–H and O–H groups in total. The lowest BCUT2D eigenvalue weighted by Crippen LogP contribution is -2.39. The van der Waals surface area contributed by atoms with E-state index in [0.717, 1.165) is 19.5 Å². The predicted molar refractivity (Wildman–Crippen MR) is 49.7 cm³/mol. The zero-order valence-electron chi connectivity index (χ0n) is 6.93. The molecule has 72 valence electrons. The van der Waals surface area contributed by atoms with Crippen LogP contribution in [0, 0.1) is 10.8 Å². The Labute approximate surface area is 71.5 Å². The Balaban J connectivity index is 0. The van der Waals surface area contributed by atoms with Crippen molar-refractivity contribution in [3.63, 3.8) is 0 Å². The fourth-order valence-electron chi connectivity index (χ4n) is 0.263. The van der Waals surface area contributed by atoms with E-state index in [1.54, 1.807) is 0 Å². The highest BCUT2D eigenvalue weighted by molar-refractivity contribution is 5.93. The van der Waals surface area contributed by atoms with Crippen molar-refractivity contribution in [2.75, 3.05) is 13.1 Å². The topological polar surface area (TPSA) is 164 Å². The zero-order valence-corrected chi connectivity index (χ0v) is 6.93. The van der Waals surface area contributed by atoms with Crippen LogP contribution in [0.25, 0.3) is 0 Å². The van der Waals surface area contributed by atoms with E-state index < -0.39 is 0 Å². The standard InChI is InChI=1S/C3H10N2.C2H7N5/c4-2-1-3-5;3-1(4)7-2(5)6/h1-5H2;(H7,3,4,5,6,7). The largest absolute Gasteiger partial charge is 0.370 e. The first-order chi connectivity index (χ1) is 5.54. The minimum absolute atomic E-state index is 0.312. The second kappa shape index (κ2) is 9.66. The smallest absolute Gasteiger partial charge is 0.192 e. The van der Waals surface area contributed by atoms with Crippen LogP contribution in [0.5, 0.6) is 0 Å². The zero-order chi connectivity index (χ0) is 9.98. The van der Waals surface area contributed by atoms with Gasteiger partial charge in [0.2, 0.25) is 0 Å². The highest BCUT2D eigenvalue weighted by Gasteiger charge is 1.83. The summed E-state index contributed by atoms with van der Waals surface area (Å²) in [4.78, 5) is 0. The average Bonchev–Trinajstić information content (AvgIpc) is 1.87. The molecular weight excluding hydrogens is 158 g/mol. The van der Waals surface area contributed by atoms with E-state index in [0.29, 0.717) is 0 Å². The molecule has 0 saturated carbocycles. The Bertz CT molecular complexity index is 118. The molecule has 0 fully saturated rings. The molecule has 0 unspecified atom stereocenters. The summed E-state index contributed by atoms with van der Waals surface area (Å²) < 4.78 is 0. The molecule has 0 aliphatic rings. The van der Waals surface area contributed by atoms with Gasteiger partial charge in [-0.2, -0.15) is 0 Å². The summed E-state index contributed by atoms with van der Waals surface area (Å²) in [6, 6.07) is 0. The molecule has 0 aromatic heterocycles. The highest BCUT2D eigenvalue weighted by atomic mass is 15.1. The van der Waals surface area contributed by atoms with E-state index in [1.165, 1.54) is 0 Å². The molecule has 7 heteroatoms. The first-order valence-electron chi connectivity index (χ1n) is 3.39. The lowest BCUT2D eigenvalue weighted by molar-refractivity contribution is 0.844. The molecule has 12 heavy (non-hydrogen) atoms. The monoisotopic (exact) mass is 175 g/mol. The molecule has 0 atom stereocenters. The van der Waals surface area contributed by atoms with Crippen LogP contribution in [0.4, 0.5) is 0 Å². The van der Waals surface area contributed by atoms with Crippen LogP contribution in [0.15, 0.2) is 0 Å². The fraction of sp³-hybridized carbons (Fsp3) is 0.600. The van der Waals surface area contributed by atoms with Gasteiger partial charge in [-0.3, -0.25) is 16.1 Å². The van der Waals surface area contributed by atoms with Crippen LogP contribution in [0.1, 0.15) is 6.42 Å². The summed E-state index contributed by atoms with van der Waals surface area (Å²) in [5, 5.41) is 15.0. The molecule has 0 aromatic rings. The van der Waals surface area contributed by atoms with E-state index in [9.17, 15) is 0 Å². The number of nitrogens with one attached hydrogen (secondary N) is 3. The normalized spacial score (nSPS) is 7.83. The Morgan fingerprint density at radius 1 is 1.00 bits per heavy atom. The van der Waals surface area contributed by atoms with Crippen LogP contribution in [-0.4, -0.2) is 25.0 Å².